The topological polar surface area (TPSA) is 49.3 Å². The number of aliphatic hydroxyl groups is 1. The van der Waals surface area contributed by atoms with E-state index in [1.807, 2.05) is 42.5 Å². The third kappa shape index (κ3) is 4.90. The number of benzene rings is 2. The molecule has 1 amide bonds. The zero-order valence-corrected chi connectivity index (χ0v) is 16.2. The minimum absolute atomic E-state index is 0.0868. The van der Waals surface area contributed by atoms with E-state index in [2.05, 4.69) is 37.2 Å². The van der Waals surface area contributed by atoms with Crippen molar-refractivity contribution in [3.05, 3.63) is 57.0 Å². The molecular weight excluding hydrogens is 422 g/mol. The molecule has 3 nitrogen and oxygen atoms in total. The number of carbonyl (C=O) groups excluding carboxylic acids is 1. The Bertz CT molecular complexity index is 697. The molecule has 0 saturated carbocycles. The van der Waals surface area contributed by atoms with Crippen molar-refractivity contribution in [2.24, 2.45) is 0 Å². The fraction of sp³-hybridized carbons (Fsp3) is 0.278. The SMILES string of the molecule is CC(=O)NCCC(C)(O)c1ccc(-c2ccc(Br)cc2Br)cc1. The van der Waals surface area contributed by atoms with Crippen LogP contribution in [0.25, 0.3) is 11.1 Å². The van der Waals surface area contributed by atoms with Crippen molar-refractivity contribution in [3.8, 4) is 11.1 Å². The van der Waals surface area contributed by atoms with Crippen molar-refractivity contribution >= 4 is 37.8 Å². The maximum Gasteiger partial charge on any atom is 0.216 e. The molecule has 0 aromatic heterocycles. The van der Waals surface area contributed by atoms with Crippen LogP contribution in [-0.2, 0) is 10.4 Å². The minimum Gasteiger partial charge on any atom is -0.385 e. The fourth-order valence-corrected chi connectivity index (χ4v) is 3.63. The van der Waals surface area contributed by atoms with E-state index in [9.17, 15) is 9.90 Å². The average molecular weight is 441 g/mol. The normalized spacial score (nSPS) is 13.4. The molecule has 2 aromatic rings. The summed E-state index contributed by atoms with van der Waals surface area (Å²) < 4.78 is 2.03. The number of rotatable bonds is 5. The summed E-state index contributed by atoms with van der Waals surface area (Å²) in [6.45, 7) is 3.68. The summed E-state index contributed by atoms with van der Waals surface area (Å²) in [5.74, 6) is -0.0868. The van der Waals surface area contributed by atoms with Crippen LogP contribution < -0.4 is 5.32 Å². The summed E-state index contributed by atoms with van der Waals surface area (Å²) in [7, 11) is 0. The highest BCUT2D eigenvalue weighted by atomic mass is 79.9. The van der Waals surface area contributed by atoms with Crippen molar-refractivity contribution in [1.29, 1.82) is 0 Å². The van der Waals surface area contributed by atoms with Gasteiger partial charge in [-0.1, -0.05) is 62.2 Å². The highest BCUT2D eigenvalue weighted by molar-refractivity contribution is 9.11. The van der Waals surface area contributed by atoms with Gasteiger partial charge in [0.05, 0.1) is 5.60 Å². The Morgan fingerprint density at radius 3 is 2.39 bits per heavy atom. The molecule has 0 aliphatic rings. The summed E-state index contributed by atoms with van der Waals surface area (Å²) >= 11 is 7.02. The van der Waals surface area contributed by atoms with E-state index in [0.29, 0.717) is 13.0 Å². The van der Waals surface area contributed by atoms with Crippen LogP contribution in [0.4, 0.5) is 0 Å². The Morgan fingerprint density at radius 1 is 1.17 bits per heavy atom. The quantitative estimate of drug-likeness (QED) is 0.712. The largest absolute Gasteiger partial charge is 0.385 e. The molecule has 0 bridgehead atoms. The number of amides is 1. The van der Waals surface area contributed by atoms with Gasteiger partial charge in [0.25, 0.3) is 0 Å². The van der Waals surface area contributed by atoms with Gasteiger partial charge in [0.1, 0.15) is 0 Å². The fourth-order valence-electron chi connectivity index (χ4n) is 2.36. The zero-order valence-electron chi connectivity index (χ0n) is 13.1. The third-order valence-corrected chi connectivity index (χ3v) is 4.88. The maximum atomic E-state index is 10.9. The smallest absolute Gasteiger partial charge is 0.216 e. The zero-order chi connectivity index (χ0) is 17.0. The second-order valence-corrected chi connectivity index (χ2v) is 7.48. The molecule has 0 spiro atoms. The van der Waals surface area contributed by atoms with Crippen molar-refractivity contribution in [2.75, 3.05) is 6.54 Å². The Morgan fingerprint density at radius 2 is 1.83 bits per heavy atom. The van der Waals surface area contributed by atoms with Gasteiger partial charge in [0.2, 0.25) is 5.91 Å². The first kappa shape index (κ1) is 18.2. The number of hydrogen-bond donors (Lipinski definition) is 2. The molecule has 0 radical (unpaired) electrons. The standard InChI is InChI=1S/C18H19Br2NO2/c1-12(22)21-10-9-18(2,23)14-5-3-13(4-6-14)16-8-7-15(19)11-17(16)20/h3-8,11,23H,9-10H2,1-2H3,(H,21,22). The summed E-state index contributed by atoms with van der Waals surface area (Å²) in [6.07, 6.45) is 0.466. The summed E-state index contributed by atoms with van der Waals surface area (Å²) in [5, 5.41) is 13.3. The maximum absolute atomic E-state index is 10.9. The van der Waals surface area contributed by atoms with E-state index in [1.54, 1.807) is 6.92 Å². The van der Waals surface area contributed by atoms with Gasteiger partial charge in [-0.3, -0.25) is 4.79 Å². The number of carbonyl (C=O) groups is 1. The van der Waals surface area contributed by atoms with E-state index in [1.165, 1.54) is 6.92 Å². The van der Waals surface area contributed by atoms with Gasteiger partial charge in [0, 0.05) is 22.4 Å². The molecule has 0 aliphatic heterocycles. The van der Waals surface area contributed by atoms with Gasteiger partial charge in [-0.05, 0) is 42.2 Å². The van der Waals surface area contributed by atoms with Crippen LogP contribution in [0.1, 0.15) is 25.8 Å². The molecule has 2 rings (SSSR count). The first-order valence-corrected chi connectivity index (χ1v) is 8.91. The lowest BCUT2D eigenvalue weighted by atomic mass is 9.91. The predicted octanol–water partition coefficient (Wildman–Crippen LogP) is 4.61. The molecule has 122 valence electrons. The second kappa shape index (κ2) is 7.60. The molecule has 0 saturated heterocycles. The van der Waals surface area contributed by atoms with Gasteiger partial charge in [-0.25, -0.2) is 0 Å². The molecule has 2 aromatic carbocycles. The van der Waals surface area contributed by atoms with Gasteiger partial charge in [-0.15, -0.1) is 0 Å². The molecule has 1 atom stereocenters. The molecule has 0 fully saturated rings. The third-order valence-electron chi connectivity index (χ3n) is 3.73. The Labute approximate surface area is 153 Å². The Hall–Kier alpha value is -1.17. The van der Waals surface area contributed by atoms with Crippen LogP contribution in [0.5, 0.6) is 0 Å². The van der Waals surface area contributed by atoms with Crippen LogP contribution in [0.15, 0.2) is 51.4 Å². The first-order chi connectivity index (χ1) is 10.8. The monoisotopic (exact) mass is 439 g/mol. The molecule has 1 unspecified atom stereocenters. The molecule has 2 N–H and O–H groups in total. The van der Waals surface area contributed by atoms with Gasteiger partial charge in [0.15, 0.2) is 0 Å². The minimum atomic E-state index is -0.974. The van der Waals surface area contributed by atoms with Crippen LogP contribution >= 0.6 is 31.9 Å². The van der Waals surface area contributed by atoms with Crippen LogP contribution in [0, 0.1) is 0 Å². The average Bonchev–Trinajstić information content (AvgIpc) is 2.47. The number of halogens is 2. The number of hydrogen-bond acceptors (Lipinski definition) is 2. The van der Waals surface area contributed by atoms with E-state index in [0.717, 1.165) is 25.6 Å². The molecule has 0 aliphatic carbocycles. The number of nitrogens with one attached hydrogen (secondary N) is 1. The summed E-state index contributed by atoms with van der Waals surface area (Å²) in [4.78, 5) is 10.9. The van der Waals surface area contributed by atoms with Gasteiger partial charge >= 0.3 is 0 Å². The Kier molecular flexibility index (Phi) is 6.00. The van der Waals surface area contributed by atoms with Gasteiger partial charge < -0.3 is 10.4 Å². The van der Waals surface area contributed by atoms with Crippen LogP contribution in [-0.4, -0.2) is 17.6 Å². The Balaban J connectivity index is 2.16. The van der Waals surface area contributed by atoms with Crippen LogP contribution in [0.3, 0.4) is 0 Å². The highest BCUT2D eigenvalue weighted by Crippen LogP contribution is 2.32. The first-order valence-electron chi connectivity index (χ1n) is 7.32. The lowest BCUT2D eigenvalue weighted by molar-refractivity contribution is -0.119. The van der Waals surface area contributed by atoms with Crippen molar-refractivity contribution < 1.29 is 9.90 Å². The molecular formula is C18H19Br2NO2. The lowest BCUT2D eigenvalue weighted by Gasteiger charge is -2.24. The van der Waals surface area contributed by atoms with E-state index in [4.69, 9.17) is 0 Å². The van der Waals surface area contributed by atoms with Crippen LogP contribution in [0.2, 0.25) is 0 Å². The summed E-state index contributed by atoms with van der Waals surface area (Å²) in [6, 6.07) is 13.9. The van der Waals surface area contributed by atoms with Crippen molar-refractivity contribution in [2.45, 2.75) is 25.9 Å². The molecule has 23 heavy (non-hydrogen) atoms. The lowest BCUT2D eigenvalue weighted by Crippen LogP contribution is -2.29. The van der Waals surface area contributed by atoms with Gasteiger partial charge in [-0.2, -0.15) is 0 Å². The van der Waals surface area contributed by atoms with Crippen molar-refractivity contribution in [1.82, 2.24) is 5.32 Å². The second-order valence-electron chi connectivity index (χ2n) is 5.71. The van der Waals surface area contributed by atoms with E-state index < -0.39 is 5.60 Å². The van der Waals surface area contributed by atoms with E-state index in [-0.39, 0.29) is 5.91 Å². The van der Waals surface area contributed by atoms with Crippen molar-refractivity contribution in [3.63, 3.8) is 0 Å². The highest BCUT2D eigenvalue weighted by Gasteiger charge is 2.22. The summed E-state index contributed by atoms with van der Waals surface area (Å²) in [5.41, 5.74) is 2.03. The molecule has 0 heterocycles. The predicted molar refractivity (Wildman–Crippen MR) is 100 cm³/mol. The van der Waals surface area contributed by atoms with E-state index >= 15 is 0 Å². The molecule has 5 heteroatoms.